The number of halogens is 1. The van der Waals surface area contributed by atoms with Crippen LogP contribution in [0.15, 0.2) is 48.5 Å². The molecule has 27 heavy (non-hydrogen) atoms. The first-order valence-corrected chi connectivity index (χ1v) is 9.75. The van der Waals surface area contributed by atoms with Crippen LogP contribution in [0.5, 0.6) is 0 Å². The number of benzene rings is 2. The molecule has 1 saturated carbocycles. The van der Waals surface area contributed by atoms with Gasteiger partial charge in [-0.3, -0.25) is 9.59 Å². The van der Waals surface area contributed by atoms with Crippen LogP contribution in [0, 0.1) is 5.92 Å². The van der Waals surface area contributed by atoms with Crippen molar-refractivity contribution in [3.8, 4) is 0 Å². The minimum Gasteiger partial charge on any atom is -0.355 e. The van der Waals surface area contributed by atoms with E-state index in [-0.39, 0.29) is 11.8 Å². The van der Waals surface area contributed by atoms with E-state index in [1.807, 2.05) is 24.3 Å². The first kappa shape index (κ1) is 19.4. The number of hydrogen-bond acceptors (Lipinski definition) is 2. The molecule has 0 radical (unpaired) electrons. The maximum absolute atomic E-state index is 12.6. The molecule has 142 valence electrons. The van der Waals surface area contributed by atoms with E-state index in [4.69, 9.17) is 11.6 Å². The van der Waals surface area contributed by atoms with Crippen molar-refractivity contribution in [2.75, 3.05) is 11.9 Å². The van der Waals surface area contributed by atoms with E-state index in [0.717, 1.165) is 24.8 Å². The number of carbonyl (C=O) groups is 2. The highest BCUT2D eigenvalue weighted by atomic mass is 35.5. The molecule has 0 aliphatic heterocycles. The molecule has 0 spiro atoms. The molecule has 1 fully saturated rings. The van der Waals surface area contributed by atoms with Crippen LogP contribution in [0.25, 0.3) is 0 Å². The lowest BCUT2D eigenvalue weighted by molar-refractivity contribution is -0.123. The Morgan fingerprint density at radius 2 is 1.74 bits per heavy atom. The molecule has 0 atom stereocenters. The van der Waals surface area contributed by atoms with Crippen LogP contribution in [0.3, 0.4) is 0 Å². The van der Waals surface area contributed by atoms with Gasteiger partial charge in [-0.15, -0.1) is 0 Å². The van der Waals surface area contributed by atoms with E-state index in [1.165, 1.54) is 0 Å². The van der Waals surface area contributed by atoms with Crippen LogP contribution in [-0.4, -0.2) is 18.4 Å². The molecule has 3 rings (SSSR count). The Bertz CT molecular complexity index is 826. The molecule has 2 aromatic rings. The van der Waals surface area contributed by atoms with Gasteiger partial charge < -0.3 is 10.6 Å². The summed E-state index contributed by atoms with van der Waals surface area (Å²) in [5, 5.41) is 6.33. The Balaban J connectivity index is 1.64. The van der Waals surface area contributed by atoms with Crippen molar-refractivity contribution in [1.82, 2.24) is 5.32 Å². The lowest BCUT2D eigenvalue weighted by atomic mass is 9.94. The fourth-order valence-corrected chi connectivity index (χ4v) is 3.35. The molecule has 0 saturated heterocycles. The average Bonchev–Trinajstić information content (AvgIpc) is 3.44. The predicted octanol–water partition coefficient (Wildman–Crippen LogP) is 4.79. The standard InChI is InChI=1S/C22H25ClN2O2/c1-15(2)11-14-24-21(27)22(12-13-22)16-7-9-17(10-8-16)25-20(26)18-5-3-4-6-19(18)23/h3-10,15H,11-14H2,1-2H3,(H,24,27)(H,25,26). The monoisotopic (exact) mass is 384 g/mol. The summed E-state index contributed by atoms with van der Waals surface area (Å²) in [4.78, 5) is 24.9. The van der Waals surface area contributed by atoms with Crippen molar-refractivity contribution in [2.24, 2.45) is 5.92 Å². The van der Waals surface area contributed by atoms with Gasteiger partial charge >= 0.3 is 0 Å². The summed E-state index contributed by atoms with van der Waals surface area (Å²) in [5.74, 6) is 0.429. The van der Waals surface area contributed by atoms with Gasteiger partial charge in [-0.1, -0.05) is 49.7 Å². The number of amides is 2. The number of rotatable bonds is 7. The highest BCUT2D eigenvalue weighted by molar-refractivity contribution is 6.34. The molecule has 5 heteroatoms. The maximum Gasteiger partial charge on any atom is 0.257 e. The molecule has 0 heterocycles. The summed E-state index contributed by atoms with van der Waals surface area (Å²) in [5.41, 5.74) is 1.72. The zero-order valence-electron chi connectivity index (χ0n) is 15.7. The summed E-state index contributed by atoms with van der Waals surface area (Å²) in [6.45, 7) is 5.01. The van der Waals surface area contributed by atoms with E-state index < -0.39 is 5.41 Å². The Morgan fingerprint density at radius 1 is 1.07 bits per heavy atom. The zero-order chi connectivity index (χ0) is 19.4. The van der Waals surface area contributed by atoms with Gasteiger partial charge in [-0.2, -0.15) is 0 Å². The summed E-state index contributed by atoms with van der Waals surface area (Å²) in [6, 6.07) is 14.5. The van der Waals surface area contributed by atoms with Gasteiger partial charge in [0.05, 0.1) is 16.0 Å². The Morgan fingerprint density at radius 3 is 2.33 bits per heavy atom. The van der Waals surface area contributed by atoms with Gasteiger partial charge in [0.25, 0.3) is 5.91 Å². The number of anilines is 1. The van der Waals surface area contributed by atoms with Gasteiger partial charge in [0, 0.05) is 12.2 Å². The molecule has 2 amide bonds. The Kier molecular flexibility index (Phi) is 5.85. The topological polar surface area (TPSA) is 58.2 Å². The van der Waals surface area contributed by atoms with Gasteiger partial charge in [0.2, 0.25) is 5.91 Å². The number of carbonyl (C=O) groups excluding carboxylic acids is 2. The quantitative estimate of drug-likeness (QED) is 0.721. The van der Waals surface area contributed by atoms with Crippen LogP contribution in [0.4, 0.5) is 5.69 Å². The van der Waals surface area contributed by atoms with E-state index in [2.05, 4.69) is 24.5 Å². The first-order valence-electron chi connectivity index (χ1n) is 9.37. The predicted molar refractivity (Wildman–Crippen MR) is 109 cm³/mol. The second kappa shape index (κ2) is 8.13. The molecule has 2 N–H and O–H groups in total. The lowest BCUT2D eigenvalue weighted by Gasteiger charge is -2.17. The molecule has 1 aliphatic rings. The molecular weight excluding hydrogens is 360 g/mol. The van der Waals surface area contributed by atoms with Crippen LogP contribution in [0.1, 0.15) is 49.0 Å². The Hall–Kier alpha value is -2.33. The highest BCUT2D eigenvalue weighted by Gasteiger charge is 2.50. The second-order valence-corrected chi connectivity index (χ2v) is 7.94. The summed E-state index contributed by atoms with van der Waals surface area (Å²) < 4.78 is 0. The average molecular weight is 385 g/mol. The molecule has 4 nitrogen and oxygen atoms in total. The van der Waals surface area contributed by atoms with Crippen LogP contribution in [-0.2, 0) is 10.2 Å². The van der Waals surface area contributed by atoms with Crippen molar-refractivity contribution >= 4 is 29.1 Å². The van der Waals surface area contributed by atoms with Gasteiger partial charge in [-0.05, 0) is 55.0 Å². The van der Waals surface area contributed by atoms with Crippen molar-refractivity contribution in [3.63, 3.8) is 0 Å². The van der Waals surface area contributed by atoms with E-state index in [1.54, 1.807) is 24.3 Å². The minimum atomic E-state index is -0.401. The third kappa shape index (κ3) is 4.51. The number of hydrogen-bond donors (Lipinski definition) is 2. The minimum absolute atomic E-state index is 0.107. The normalized spacial score (nSPS) is 14.7. The molecular formula is C22H25ClN2O2. The molecule has 1 aliphatic carbocycles. The largest absolute Gasteiger partial charge is 0.355 e. The summed E-state index contributed by atoms with van der Waals surface area (Å²) >= 11 is 6.07. The molecule has 0 unspecified atom stereocenters. The molecule has 0 aromatic heterocycles. The van der Waals surface area contributed by atoms with Crippen LogP contribution >= 0.6 is 11.6 Å². The van der Waals surface area contributed by atoms with Gasteiger partial charge in [0.15, 0.2) is 0 Å². The second-order valence-electron chi connectivity index (χ2n) is 7.53. The maximum atomic E-state index is 12.6. The highest BCUT2D eigenvalue weighted by Crippen LogP contribution is 2.48. The van der Waals surface area contributed by atoms with Crippen molar-refractivity contribution in [1.29, 1.82) is 0 Å². The van der Waals surface area contributed by atoms with Gasteiger partial charge in [0.1, 0.15) is 0 Å². The third-order valence-electron chi connectivity index (χ3n) is 5.01. The summed E-state index contributed by atoms with van der Waals surface area (Å²) in [7, 11) is 0. The molecule has 2 aromatic carbocycles. The van der Waals surface area contributed by atoms with Crippen LogP contribution < -0.4 is 10.6 Å². The van der Waals surface area contributed by atoms with E-state index in [9.17, 15) is 9.59 Å². The Labute approximate surface area is 165 Å². The lowest BCUT2D eigenvalue weighted by Crippen LogP contribution is -2.35. The fourth-order valence-electron chi connectivity index (χ4n) is 3.13. The molecule has 0 bridgehead atoms. The SMILES string of the molecule is CC(C)CCNC(=O)C1(c2ccc(NC(=O)c3ccccc3Cl)cc2)CC1. The third-order valence-corrected chi connectivity index (χ3v) is 5.34. The smallest absolute Gasteiger partial charge is 0.257 e. The number of nitrogens with one attached hydrogen (secondary N) is 2. The van der Waals surface area contributed by atoms with Crippen molar-refractivity contribution in [3.05, 3.63) is 64.7 Å². The first-order chi connectivity index (χ1) is 12.9. The van der Waals surface area contributed by atoms with Crippen molar-refractivity contribution in [2.45, 2.75) is 38.5 Å². The zero-order valence-corrected chi connectivity index (χ0v) is 16.5. The fraction of sp³-hybridized carbons (Fsp3) is 0.364. The van der Waals surface area contributed by atoms with Crippen molar-refractivity contribution < 1.29 is 9.59 Å². The van der Waals surface area contributed by atoms with E-state index >= 15 is 0 Å². The van der Waals surface area contributed by atoms with Crippen LogP contribution in [0.2, 0.25) is 5.02 Å². The summed E-state index contributed by atoms with van der Waals surface area (Å²) in [6.07, 6.45) is 2.71. The van der Waals surface area contributed by atoms with E-state index in [0.29, 0.717) is 28.7 Å². The van der Waals surface area contributed by atoms with Gasteiger partial charge in [-0.25, -0.2) is 0 Å².